The molecule has 0 saturated heterocycles. The van der Waals surface area contributed by atoms with E-state index in [9.17, 15) is 4.79 Å². The highest BCUT2D eigenvalue weighted by Crippen LogP contribution is 2.11. The third kappa shape index (κ3) is 4.89. The van der Waals surface area contributed by atoms with Crippen molar-refractivity contribution in [2.45, 2.75) is 46.5 Å². The van der Waals surface area contributed by atoms with Gasteiger partial charge in [0.1, 0.15) is 0 Å². The second-order valence-electron chi connectivity index (χ2n) is 5.14. The maximum atomic E-state index is 12.3. The number of nitrogens with two attached hydrogens (primary N) is 1. The zero-order chi connectivity index (χ0) is 15.0. The van der Waals surface area contributed by atoms with Crippen LogP contribution in [-0.4, -0.2) is 29.2 Å². The van der Waals surface area contributed by atoms with Crippen molar-refractivity contribution in [2.24, 2.45) is 11.7 Å². The Morgan fingerprint density at radius 1 is 1.35 bits per heavy atom. The Balaban J connectivity index is 2.68. The summed E-state index contributed by atoms with van der Waals surface area (Å²) in [5.41, 5.74) is 7.77. The first-order valence-electron chi connectivity index (χ1n) is 7.43. The Morgan fingerprint density at radius 2 is 2.10 bits per heavy atom. The van der Waals surface area contributed by atoms with Crippen LogP contribution < -0.4 is 11.1 Å². The van der Waals surface area contributed by atoms with Gasteiger partial charge in [0, 0.05) is 6.54 Å². The van der Waals surface area contributed by atoms with Crippen molar-refractivity contribution < 1.29 is 4.79 Å². The number of aromatic nitrogens is 2. The molecule has 0 saturated carbocycles. The van der Waals surface area contributed by atoms with Crippen molar-refractivity contribution in [1.29, 1.82) is 0 Å². The number of nitrogens with zero attached hydrogens (tertiary/aromatic N) is 2. The van der Waals surface area contributed by atoms with Gasteiger partial charge in [-0.2, -0.15) is 10.2 Å². The van der Waals surface area contributed by atoms with E-state index in [0.717, 1.165) is 30.7 Å². The van der Waals surface area contributed by atoms with Crippen LogP contribution in [0.25, 0.3) is 0 Å². The Kier molecular flexibility index (Phi) is 7.15. The number of nitrogens with one attached hydrogen (secondary N) is 1. The van der Waals surface area contributed by atoms with E-state index in [1.807, 2.05) is 13.8 Å². The van der Waals surface area contributed by atoms with Gasteiger partial charge in [-0.25, -0.2) is 0 Å². The summed E-state index contributed by atoms with van der Waals surface area (Å²) in [7, 11) is 0. The molecule has 0 radical (unpaired) electrons. The van der Waals surface area contributed by atoms with Crippen LogP contribution in [0.2, 0.25) is 0 Å². The molecule has 0 aliphatic rings. The Labute approximate surface area is 121 Å². The SMILES string of the molecule is CCCC(CCN)CNC(=O)c1cc(C)nnc1CC. The third-order valence-electron chi connectivity index (χ3n) is 3.40. The average molecular weight is 278 g/mol. The van der Waals surface area contributed by atoms with E-state index in [1.54, 1.807) is 6.07 Å². The Morgan fingerprint density at radius 3 is 2.70 bits per heavy atom. The quantitative estimate of drug-likeness (QED) is 0.760. The smallest absolute Gasteiger partial charge is 0.253 e. The van der Waals surface area contributed by atoms with Crippen LogP contribution in [-0.2, 0) is 6.42 Å². The molecular formula is C15H26N4O. The number of rotatable bonds is 8. The van der Waals surface area contributed by atoms with Gasteiger partial charge in [0.2, 0.25) is 0 Å². The lowest BCUT2D eigenvalue weighted by atomic mass is 9.99. The van der Waals surface area contributed by atoms with E-state index in [0.29, 0.717) is 31.0 Å². The van der Waals surface area contributed by atoms with Gasteiger partial charge >= 0.3 is 0 Å². The van der Waals surface area contributed by atoms with Crippen LogP contribution in [0.15, 0.2) is 6.07 Å². The van der Waals surface area contributed by atoms with Crippen LogP contribution in [0.1, 0.15) is 54.9 Å². The average Bonchev–Trinajstić information content (AvgIpc) is 2.45. The first kappa shape index (κ1) is 16.6. The van der Waals surface area contributed by atoms with E-state index in [4.69, 9.17) is 5.73 Å². The van der Waals surface area contributed by atoms with Gasteiger partial charge in [-0.15, -0.1) is 0 Å². The van der Waals surface area contributed by atoms with Crippen molar-refractivity contribution in [2.75, 3.05) is 13.1 Å². The summed E-state index contributed by atoms with van der Waals surface area (Å²) < 4.78 is 0. The second-order valence-corrected chi connectivity index (χ2v) is 5.14. The van der Waals surface area contributed by atoms with E-state index in [-0.39, 0.29) is 5.91 Å². The van der Waals surface area contributed by atoms with Gasteiger partial charge in [-0.05, 0) is 44.7 Å². The Bertz CT molecular complexity index is 428. The third-order valence-corrected chi connectivity index (χ3v) is 3.40. The summed E-state index contributed by atoms with van der Waals surface area (Å²) in [5, 5.41) is 11.1. The minimum atomic E-state index is -0.0574. The van der Waals surface area contributed by atoms with Gasteiger partial charge < -0.3 is 11.1 Å². The summed E-state index contributed by atoms with van der Waals surface area (Å²) >= 11 is 0. The zero-order valence-corrected chi connectivity index (χ0v) is 12.8. The normalized spacial score (nSPS) is 12.2. The van der Waals surface area contributed by atoms with E-state index in [2.05, 4.69) is 22.4 Å². The number of carbonyl (C=O) groups is 1. The highest BCUT2D eigenvalue weighted by atomic mass is 16.1. The molecule has 0 aliphatic heterocycles. The molecule has 1 atom stereocenters. The lowest BCUT2D eigenvalue weighted by molar-refractivity contribution is 0.0944. The van der Waals surface area contributed by atoms with E-state index < -0.39 is 0 Å². The standard InChI is InChI=1S/C15H26N4O/c1-4-6-12(7-8-16)10-17-15(20)13-9-11(3)18-19-14(13)5-2/h9,12H,4-8,10,16H2,1-3H3,(H,17,20). The van der Waals surface area contributed by atoms with E-state index in [1.165, 1.54) is 0 Å². The highest BCUT2D eigenvalue weighted by Gasteiger charge is 2.14. The van der Waals surface area contributed by atoms with Crippen LogP contribution >= 0.6 is 0 Å². The van der Waals surface area contributed by atoms with Gasteiger partial charge in [0.25, 0.3) is 5.91 Å². The number of aryl methyl sites for hydroxylation is 2. The molecule has 20 heavy (non-hydrogen) atoms. The largest absolute Gasteiger partial charge is 0.352 e. The molecule has 1 unspecified atom stereocenters. The number of amides is 1. The second kappa shape index (κ2) is 8.64. The van der Waals surface area contributed by atoms with Crippen molar-refractivity contribution in [3.05, 3.63) is 23.0 Å². The molecule has 1 amide bonds. The fourth-order valence-electron chi connectivity index (χ4n) is 2.30. The summed E-state index contributed by atoms with van der Waals surface area (Å²) in [6, 6.07) is 1.80. The van der Waals surface area contributed by atoms with Crippen LogP contribution in [0.3, 0.4) is 0 Å². The lowest BCUT2D eigenvalue weighted by Crippen LogP contribution is -2.31. The molecule has 3 N–H and O–H groups in total. The maximum Gasteiger partial charge on any atom is 0.253 e. The predicted molar refractivity (Wildman–Crippen MR) is 80.5 cm³/mol. The predicted octanol–water partition coefficient (Wildman–Crippen LogP) is 1.84. The molecule has 1 rings (SSSR count). The number of carbonyl (C=O) groups excluding carboxylic acids is 1. The van der Waals surface area contributed by atoms with Crippen molar-refractivity contribution in [3.8, 4) is 0 Å². The van der Waals surface area contributed by atoms with Gasteiger partial charge in [-0.1, -0.05) is 20.3 Å². The molecule has 0 fully saturated rings. The summed E-state index contributed by atoms with van der Waals surface area (Å²) in [6.45, 7) is 7.31. The monoisotopic (exact) mass is 278 g/mol. The molecule has 5 nitrogen and oxygen atoms in total. The van der Waals surface area contributed by atoms with E-state index >= 15 is 0 Å². The molecule has 0 bridgehead atoms. The minimum absolute atomic E-state index is 0.0574. The van der Waals surface area contributed by atoms with Crippen LogP contribution in [0, 0.1) is 12.8 Å². The Hall–Kier alpha value is -1.49. The number of hydrogen-bond acceptors (Lipinski definition) is 4. The van der Waals surface area contributed by atoms with Crippen molar-refractivity contribution in [1.82, 2.24) is 15.5 Å². The lowest BCUT2D eigenvalue weighted by Gasteiger charge is -2.16. The summed E-state index contributed by atoms with van der Waals surface area (Å²) in [6.07, 6.45) is 3.85. The van der Waals surface area contributed by atoms with Crippen LogP contribution in [0.5, 0.6) is 0 Å². The topological polar surface area (TPSA) is 80.9 Å². The zero-order valence-electron chi connectivity index (χ0n) is 12.8. The van der Waals surface area contributed by atoms with Crippen molar-refractivity contribution in [3.63, 3.8) is 0 Å². The molecular weight excluding hydrogens is 252 g/mol. The minimum Gasteiger partial charge on any atom is -0.352 e. The molecule has 5 heteroatoms. The molecule has 0 aliphatic carbocycles. The summed E-state index contributed by atoms with van der Waals surface area (Å²) in [5.74, 6) is 0.396. The summed E-state index contributed by atoms with van der Waals surface area (Å²) in [4.78, 5) is 12.3. The van der Waals surface area contributed by atoms with Gasteiger partial charge in [0.15, 0.2) is 0 Å². The highest BCUT2D eigenvalue weighted by molar-refractivity contribution is 5.95. The molecule has 112 valence electrons. The van der Waals surface area contributed by atoms with Crippen molar-refractivity contribution >= 4 is 5.91 Å². The van der Waals surface area contributed by atoms with Gasteiger partial charge in [-0.3, -0.25) is 4.79 Å². The molecule has 0 aromatic carbocycles. The molecule has 1 aromatic rings. The first-order valence-corrected chi connectivity index (χ1v) is 7.43. The van der Waals surface area contributed by atoms with Gasteiger partial charge in [0.05, 0.1) is 17.0 Å². The molecule has 1 heterocycles. The van der Waals surface area contributed by atoms with Crippen LogP contribution in [0.4, 0.5) is 0 Å². The fraction of sp³-hybridized carbons (Fsp3) is 0.667. The maximum absolute atomic E-state index is 12.3. The first-order chi connectivity index (χ1) is 9.62. The fourth-order valence-corrected chi connectivity index (χ4v) is 2.30. The molecule has 1 aromatic heterocycles. The number of hydrogen-bond donors (Lipinski definition) is 2. The molecule has 0 spiro atoms.